The van der Waals surface area contributed by atoms with Crippen LogP contribution in [0, 0.1) is 12.3 Å². The maximum atomic E-state index is 11.2. The molecule has 0 aliphatic heterocycles. The molecule has 0 radical (unpaired) electrons. The molecule has 0 spiro atoms. The molecule has 1 aromatic rings. The largest absolute Gasteiger partial charge is 0.481 e. The minimum Gasteiger partial charge on any atom is -0.481 e. The predicted molar refractivity (Wildman–Crippen MR) is 69.1 cm³/mol. The van der Waals surface area contributed by atoms with Gasteiger partial charge in [0, 0.05) is 12.1 Å². The van der Waals surface area contributed by atoms with Gasteiger partial charge in [-0.1, -0.05) is 24.1 Å². The third-order valence-electron chi connectivity index (χ3n) is 2.44. The molecule has 0 fully saturated rings. The molecule has 0 aliphatic rings. The Bertz CT molecular complexity index is 437. The number of hydrogen-bond donors (Lipinski definition) is 1. The van der Waals surface area contributed by atoms with Crippen LogP contribution in [-0.4, -0.2) is 25.7 Å². The van der Waals surface area contributed by atoms with Crippen molar-refractivity contribution in [2.75, 3.05) is 13.7 Å². The molecule has 1 rings (SSSR count). The molecule has 0 saturated carbocycles. The molecule has 0 aromatic heterocycles. The van der Waals surface area contributed by atoms with Crippen LogP contribution in [0.4, 0.5) is 0 Å². The van der Waals surface area contributed by atoms with E-state index in [0.29, 0.717) is 6.54 Å². The number of terminal acetylenes is 1. The number of hydrogen-bond acceptors (Lipinski definition) is 4. The van der Waals surface area contributed by atoms with Crippen LogP contribution < -0.4 is 10.1 Å². The summed E-state index contributed by atoms with van der Waals surface area (Å²) in [5, 5.41) is 3.06. The topological polar surface area (TPSA) is 47.6 Å². The summed E-state index contributed by atoms with van der Waals surface area (Å²) in [7, 11) is 1.37. The Kier molecular flexibility index (Phi) is 5.75. The van der Waals surface area contributed by atoms with Gasteiger partial charge in [-0.25, -0.2) is 0 Å². The summed E-state index contributed by atoms with van der Waals surface area (Å²) in [4.78, 5) is 11.2. The Morgan fingerprint density at radius 2 is 2.22 bits per heavy atom. The van der Waals surface area contributed by atoms with Crippen LogP contribution >= 0.6 is 0 Å². The van der Waals surface area contributed by atoms with Crippen molar-refractivity contribution in [3.8, 4) is 18.1 Å². The van der Waals surface area contributed by atoms with E-state index >= 15 is 0 Å². The third-order valence-corrected chi connectivity index (χ3v) is 2.44. The second-order valence-electron chi connectivity index (χ2n) is 3.73. The zero-order chi connectivity index (χ0) is 13.4. The summed E-state index contributed by atoms with van der Waals surface area (Å²) in [5.41, 5.74) is 0.948. The Morgan fingerprint density at radius 3 is 2.89 bits per heavy atom. The summed E-state index contributed by atoms with van der Waals surface area (Å²) in [6, 6.07) is 7.18. The Morgan fingerprint density at radius 1 is 1.50 bits per heavy atom. The quantitative estimate of drug-likeness (QED) is 0.609. The fourth-order valence-electron chi connectivity index (χ4n) is 1.43. The smallest absolute Gasteiger partial charge is 0.322 e. The summed E-state index contributed by atoms with van der Waals surface area (Å²) >= 11 is 0. The molecule has 1 aromatic carbocycles. The summed E-state index contributed by atoms with van der Waals surface area (Å²) in [6.45, 7) is 2.48. The standard InChI is InChI=1S/C14H17NO3/c1-4-9-18-13-8-6-5-7-12(13)10-15-11(2)14(16)17-3/h1,5-8,11,15H,9-10H2,2-3H3/t11-/m0/s1. The number of ether oxygens (including phenoxy) is 2. The number of nitrogens with one attached hydrogen (secondary N) is 1. The Balaban J connectivity index is 2.61. The molecule has 4 heteroatoms. The highest BCUT2D eigenvalue weighted by Crippen LogP contribution is 2.17. The monoisotopic (exact) mass is 247 g/mol. The Labute approximate surface area is 107 Å². The van der Waals surface area contributed by atoms with Crippen LogP contribution in [0.1, 0.15) is 12.5 Å². The number of benzene rings is 1. The third kappa shape index (κ3) is 4.11. The number of esters is 1. The number of para-hydroxylation sites is 1. The maximum absolute atomic E-state index is 11.2. The summed E-state index contributed by atoms with van der Waals surface area (Å²) < 4.78 is 10.0. The van der Waals surface area contributed by atoms with Crippen LogP contribution in [0.15, 0.2) is 24.3 Å². The van der Waals surface area contributed by atoms with E-state index in [1.165, 1.54) is 7.11 Å². The molecule has 0 unspecified atom stereocenters. The van der Waals surface area contributed by atoms with Crippen molar-refractivity contribution in [2.24, 2.45) is 0 Å². The van der Waals surface area contributed by atoms with Crippen LogP contribution in [0.5, 0.6) is 5.75 Å². The van der Waals surface area contributed by atoms with Crippen LogP contribution in [0.2, 0.25) is 0 Å². The van der Waals surface area contributed by atoms with Gasteiger partial charge >= 0.3 is 5.97 Å². The molecule has 0 amide bonds. The van der Waals surface area contributed by atoms with Crippen LogP contribution in [0.25, 0.3) is 0 Å². The minimum atomic E-state index is -0.365. The normalized spacial score (nSPS) is 11.4. The first-order valence-corrected chi connectivity index (χ1v) is 5.64. The van der Waals surface area contributed by atoms with E-state index in [9.17, 15) is 4.79 Å². The van der Waals surface area contributed by atoms with Crippen molar-refractivity contribution < 1.29 is 14.3 Å². The Hall–Kier alpha value is -1.99. The van der Waals surface area contributed by atoms with Gasteiger partial charge in [0.25, 0.3) is 0 Å². The van der Waals surface area contributed by atoms with Gasteiger partial charge in [-0.3, -0.25) is 4.79 Å². The second-order valence-corrected chi connectivity index (χ2v) is 3.73. The van der Waals surface area contributed by atoms with Crippen LogP contribution in [-0.2, 0) is 16.1 Å². The van der Waals surface area contributed by atoms with Crippen molar-refractivity contribution in [3.05, 3.63) is 29.8 Å². The lowest BCUT2D eigenvalue weighted by Crippen LogP contribution is -2.34. The summed E-state index contributed by atoms with van der Waals surface area (Å²) in [6.07, 6.45) is 5.15. The van der Waals surface area contributed by atoms with E-state index in [2.05, 4.69) is 16.0 Å². The van der Waals surface area contributed by atoms with E-state index in [1.54, 1.807) is 6.92 Å². The molecule has 1 atom stereocenters. The minimum absolute atomic E-state index is 0.226. The molecule has 0 aliphatic carbocycles. The number of rotatable bonds is 6. The average Bonchev–Trinajstić information content (AvgIpc) is 2.42. The fraction of sp³-hybridized carbons (Fsp3) is 0.357. The zero-order valence-corrected chi connectivity index (χ0v) is 10.6. The van der Waals surface area contributed by atoms with Gasteiger partial charge in [0.1, 0.15) is 18.4 Å². The van der Waals surface area contributed by atoms with E-state index < -0.39 is 0 Å². The van der Waals surface area contributed by atoms with E-state index in [1.807, 2.05) is 24.3 Å². The van der Waals surface area contributed by atoms with Crippen molar-refractivity contribution in [1.29, 1.82) is 0 Å². The lowest BCUT2D eigenvalue weighted by atomic mass is 10.2. The lowest BCUT2D eigenvalue weighted by Gasteiger charge is -2.13. The first-order valence-electron chi connectivity index (χ1n) is 5.64. The highest BCUT2D eigenvalue weighted by atomic mass is 16.5. The predicted octanol–water partition coefficient (Wildman–Crippen LogP) is 1.35. The zero-order valence-electron chi connectivity index (χ0n) is 10.6. The lowest BCUT2D eigenvalue weighted by molar-refractivity contribution is -0.142. The molecular formula is C14H17NO3. The van der Waals surface area contributed by atoms with Gasteiger partial charge in [0.2, 0.25) is 0 Å². The van der Waals surface area contributed by atoms with Gasteiger partial charge in [-0.05, 0) is 13.0 Å². The van der Waals surface area contributed by atoms with Gasteiger partial charge in [-0.15, -0.1) is 6.42 Å². The van der Waals surface area contributed by atoms with Crippen LogP contribution in [0.3, 0.4) is 0 Å². The second kappa shape index (κ2) is 7.36. The molecule has 0 bridgehead atoms. The molecule has 0 saturated heterocycles. The van der Waals surface area contributed by atoms with E-state index in [4.69, 9.17) is 11.2 Å². The molecule has 4 nitrogen and oxygen atoms in total. The molecular weight excluding hydrogens is 230 g/mol. The molecule has 96 valence electrons. The van der Waals surface area contributed by atoms with Gasteiger partial charge in [0.15, 0.2) is 0 Å². The molecule has 1 N–H and O–H groups in total. The van der Waals surface area contributed by atoms with Gasteiger partial charge in [0.05, 0.1) is 7.11 Å². The summed E-state index contributed by atoms with van der Waals surface area (Å²) in [5.74, 6) is 2.85. The van der Waals surface area contributed by atoms with Crippen molar-refractivity contribution >= 4 is 5.97 Å². The first kappa shape index (κ1) is 14.1. The van der Waals surface area contributed by atoms with Crippen molar-refractivity contribution in [2.45, 2.75) is 19.5 Å². The van der Waals surface area contributed by atoms with Crippen molar-refractivity contribution in [3.63, 3.8) is 0 Å². The van der Waals surface area contributed by atoms with Crippen molar-refractivity contribution in [1.82, 2.24) is 5.32 Å². The van der Waals surface area contributed by atoms with E-state index in [-0.39, 0.29) is 18.6 Å². The fourth-order valence-corrected chi connectivity index (χ4v) is 1.43. The number of methoxy groups -OCH3 is 1. The molecule has 0 heterocycles. The number of carbonyl (C=O) groups excluding carboxylic acids is 1. The average molecular weight is 247 g/mol. The van der Waals surface area contributed by atoms with E-state index in [0.717, 1.165) is 11.3 Å². The van der Waals surface area contributed by atoms with Gasteiger partial charge < -0.3 is 14.8 Å². The number of carbonyl (C=O) groups is 1. The first-order chi connectivity index (χ1) is 8.69. The van der Waals surface area contributed by atoms with Gasteiger partial charge in [-0.2, -0.15) is 0 Å². The molecule has 18 heavy (non-hydrogen) atoms. The SMILES string of the molecule is C#CCOc1ccccc1CN[C@@H](C)C(=O)OC. The maximum Gasteiger partial charge on any atom is 0.322 e. The highest BCUT2D eigenvalue weighted by molar-refractivity contribution is 5.75. The highest BCUT2D eigenvalue weighted by Gasteiger charge is 2.12.